The van der Waals surface area contributed by atoms with Crippen LogP contribution in [0, 0.1) is 12.3 Å². The third kappa shape index (κ3) is 3.50. The normalized spacial score (nSPS) is 22.0. The summed E-state index contributed by atoms with van der Waals surface area (Å²) in [4.78, 5) is 29.9. The van der Waals surface area contributed by atoms with Crippen LogP contribution in [0.25, 0.3) is 0 Å². The first-order valence-corrected chi connectivity index (χ1v) is 7.88. The summed E-state index contributed by atoms with van der Waals surface area (Å²) in [6.45, 7) is 6.43. The van der Waals surface area contributed by atoms with Gasteiger partial charge in [-0.3, -0.25) is 9.59 Å². The fourth-order valence-electron chi connectivity index (χ4n) is 2.81. The van der Waals surface area contributed by atoms with E-state index in [4.69, 9.17) is 0 Å². The Morgan fingerprint density at radius 2 is 2.38 bits per heavy atom. The van der Waals surface area contributed by atoms with E-state index in [1.807, 2.05) is 12.3 Å². The van der Waals surface area contributed by atoms with Crippen molar-refractivity contribution in [2.45, 2.75) is 32.6 Å². The van der Waals surface area contributed by atoms with Crippen LogP contribution >= 0.6 is 11.3 Å². The maximum absolute atomic E-state index is 12.4. The molecule has 0 aromatic carbocycles. The number of rotatable bonds is 5. The molecule has 21 heavy (non-hydrogen) atoms. The lowest BCUT2D eigenvalue weighted by Gasteiger charge is -2.39. The molecule has 1 aromatic rings. The predicted molar refractivity (Wildman–Crippen MR) is 81.3 cm³/mol. The first kappa shape index (κ1) is 15.7. The molecular weight excluding hydrogens is 288 g/mol. The quantitative estimate of drug-likeness (QED) is 0.847. The number of thiazole rings is 1. The molecule has 0 aliphatic carbocycles. The van der Waals surface area contributed by atoms with Gasteiger partial charge in [-0.05, 0) is 26.2 Å². The zero-order valence-corrected chi connectivity index (χ0v) is 13.0. The molecule has 2 heterocycles. The number of carboxylic acid groups (broad SMARTS) is 1. The van der Waals surface area contributed by atoms with Crippen molar-refractivity contribution in [3.63, 3.8) is 0 Å². The molecule has 0 saturated carbocycles. The number of hydrogen-bond donors (Lipinski definition) is 1. The minimum absolute atomic E-state index is 0.0466. The maximum Gasteiger partial charge on any atom is 0.311 e. The Labute approximate surface area is 128 Å². The molecule has 5 nitrogen and oxygen atoms in total. The van der Waals surface area contributed by atoms with Crippen LogP contribution < -0.4 is 0 Å². The third-order valence-corrected chi connectivity index (χ3v) is 4.74. The van der Waals surface area contributed by atoms with Crippen molar-refractivity contribution in [3.8, 4) is 0 Å². The van der Waals surface area contributed by atoms with E-state index in [0.29, 0.717) is 25.8 Å². The number of aryl methyl sites for hydroxylation is 1. The number of carboxylic acids is 1. The van der Waals surface area contributed by atoms with Crippen LogP contribution in [0.4, 0.5) is 0 Å². The van der Waals surface area contributed by atoms with E-state index in [1.165, 1.54) is 11.3 Å². The summed E-state index contributed by atoms with van der Waals surface area (Å²) in [7, 11) is 0. The van der Waals surface area contributed by atoms with E-state index in [1.54, 1.807) is 11.0 Å². The molecule has 1 aliphatic rings. The number of carbonyl (C=O) groups excluding carboxylic acids is 1. The maximum atomic E-state index is 12.4. The highest BCUT2D eigenvalue weighted by Gasteiger charge is 2.42. The Morgan fingerprint density at radius 3 is 2.95 bits per heavy atom. The second-order valence-corrected chi connectivity index (χ2v) is 6.59. The predicted octanol–water partition coefficient (Wildman–Crippen LogP) is 2.26. The standard InChI is InChI=1S/C15H20N2O3S/c1-3-5-15(14(19)20)6-4-7-17(10-15)13(18)8-12-9-21-11(2)16-12/h3,9H,1,4-8,10H2,2H3,(H,19,20)/t15-/m1/s1. The Hall–Kier alpha value is -1.69. The van der Waals surface area contributed by atoms with Crippen LogP contribution in [0.3, 0.4) is 0 Å². The third-order valence-electron chi connectivity index (χ3n) is 3.92. The average molecular weight is 308 g/mol. The first-order valence-electron chi connectivity index (χ1n) is 7.00. The largest absolute Gasteiger partial charge is 0.481 e. The molecule has 2 rings (SSSR count). The van der Waals surface area contributed by atoms with Crippen LogP contribution in [0.15, 0.2) is 18.0 Å². The summed E-state index contributed by atoms with van der Waals surface area (Å²) >= 11 is 1.52. The van der Waals surface area contributed by atoms with Gasteiger partial charge in [-0.25, -0.2) is 4.98 Å². The van der Waals surface area contributed by atoms with E-state index < -0.39 is 11.4 Å². The summed E-state index contributed by atoms with van der Waals surface area (Å²) in [5, 5.41) is 12.3. The number of piperidine rings is 1. The topological polar surface area (TPSA) is 70.5 Å². The molecule has 0 radical (unpaired) electrons. The van der Waals surface area contributed by atoms with Gasteiger partial charge in [-0.2, -0.15) is 0 Å². The lowest BCUT2D eigenvalue weighted by Crippen LogP contribution is -2.50. The smallest absolute Gasteiger partial charge is 0.311 e. The van der Waals surface area contributed by atoms with Gasteiger partial charge < -0.3 is 10.0 Å². The van der Waals surface area contributed by atoms with Crippen LogP contribution in [-0.2, 0) is 16.0 Å². The number of aromatic nitrogens is 1. The number of aliphatic carboxylic acids is 1. The lowest BCUT2D eigenvalue weighted by molar-refractivity contribution is -0.154. The molecule has 0 bridgehead atoms. The summed E-state index contributed by atoms with van der Waals surface area (Å²) in [5.74, 6) is -0.890. The SMILES string of the molecule is C=CC[C@@]1(C(=O)O)CCCN(C(=O)Cc2csc(C)n2)C1. The highest BCUT2D eigenvalue weighted by molar-refractivity contribution is 7.09. The molecule has 0 unspecified atom stereocenters. The van der Waals surface area contributed by atoms with E-state index in [2.05, 4.69) is 11.6 Å². The fraction of sp³-hybridized carbons (Fsp3) is 0.533. The van der Waals surface area contributed by atoms with Gasteiger partial charge >= 0.3 is 5.97 Å². The molecule has 1 amide bonds. The molecule has 1 aromatic heterocycles. The number of hydrogen-bond acceptors (Lipinski definition) is 4. The Morgan fingerprint density at radius 1 is 1.62 bits per heavy atom. The molecule has 1 fully saturated rings. The molecule has 1 saturated heterocycles. The fourth-order valence-corrected chi connectivity index (χ4v) is 3.42. The second kappa shape index (κ2) is 6.39. The van der Waals surface area contributed by atoms with Crippen molar-refractivity contribution in [1.29, 1.82) is 0 Å². The van der Waals surface area contributed by atoms with Crippen LogP contribution in [0.5, 0.6) is 0 Å². The number of carbonyl (C=O) groups is 2. The van der Waals surface area contributed by atoms with Crippen LogP contribution in [0.1, 0.15) is 30.0 Å². The molecule has 114 valence electrons. The Balaban J connectivity index is 2.07. The summed E-state index contributed by atoms with van der Waals surface area (Å²) < 4.78 is 0. The van der Waals surface area contributed by atoms with E-state index in [9.17, 15) is 14.7 Å². The first-order chi connectivity index (χ1) is 9.97. The Kier molecular flexibility index (Phi) is 4.77. The van der Waals surface area contributed by atoms with Gasteiger partial charge in [0.1, 0.15) is 0 Å². The van der Waals surface area contributed by atoms with Gasteiger partial charge in [0.05, 0.1) is 22.5 Å². The van der Waals surface area contributed by atoms with Gasteiger partial charge in [0.25, 0.3) is 0 Å². The van der Waals surface area contributed by atoms with Gasteiger partial charge in [0, 0.05) is 18.5 Å². The van der Waals surface area contributed by atoms with E-state index in [0.717, 1.165) is 10.7 Å². The minimum Gasteiger partial charge on any atom is -0.481 e. The molecule has 1 N–H and O–H groups in total. The summed E-state index contributed by atoms with van der Waals surface area (Å²) in [5.41, 5.74) is -0.120. The number of allylic oxidation sites excluding steroid dienone is 1. The average Bonchev–Trinajstić information content (AvgIpc) is 2.84. The molecular formula is C15H20N2O3S. The summed E-state index contributed by atoms with van der Waals surface area (Å²) in [6.07, 6.45) is 3.57. The van der Waals surface area contributed by atoms with Gasteiger partial charge in [0.15, 0.2) is 0 Å². The molecule has 6 heteroatoms. The number of likely N-dealkylation sites (tertiary alicyclic amines) is 1. The zero-order chi connectivity index (χ0) is 15.5. The monoisotopic (exact) mass is 308 g/mol. The van der Waals surface area contributed by atoms with Crippen molar-refractivity contribution >= 4 is 23.2 Å². The van der Waals surface area contributed by atoms with Crippen molar-refractivity contribution in [3.05, 3.63) is 28.7 Å². The van der Waals surface area contributed by atoms with E-state index >= 15 is 0 Å². The van der Waals surface area contributed by atoms with Gasteiger partial charge in [-0.15, -0.1) is 17.9 Å². The highest BCUT2D eigenvalue weighted by atomic mass is 32.1. The van der Waals surface area contributed by atoms with Crippen molar-refractivity contribution in [1.82, 2.24) is 9.88 Å². The molecule has 0 spiro atoms. The van der Waals surface area contributed by atoms with Crippen molar-refractivity contribution < 1.29 is 14.7 Å². The van der Waals surface area contributed by atoms with Crippen LogP contribution in [-0.4, -0.2) is 40.0 Å². The lowest BCUT2D eigenvalue weighted by atomic mass is 9.77. The van der Waals surface area contributed by atoms with Crippen molar-refractivity contribution in [2.75, 3.05) is 13.1 Å². The van der Waals surface area contributed by atoms with Crippen LogP contribution in [0.2, 0.25) is 0 Å². The second-order valence-electron chi connectivity index (χ2n) is 5.53. The summed E-state index contributed by atoms with van der Waals surface area (Å²) in [6, 6.07) is 0. The van der Waals surface area contributed by atoms with Crippen molar-refractivity contribution in [2.24, 2.45) is 5.41 Å². The number of nitrogens with zero attached hydrogens (tertiary/aromatic N) is 2. The molecule has 1 atom stereocenters. The van der Waals surface area contributed by atoms with E-state index in [-0.39, 0.29) is 18.9 Å². The number of amides is 1. The van der Waals surface area contributed by atoms with Gasteiger partial charge in [-0.1, -0.05) is 6.08 Å². The Bertz CT molecular complexity index is 555. The minimum atomic E-state index is -0.881. The van der Waals surface area contributed by atoms with Gasteiger partial charge in [0.2, 0.25) is 5.91 Å². The zero-order valence-electron chi connectivity index (χ0n) is 12.2. The molecule has 1 aliphatic heterocycles. The highest BCUT2D eigenvalue weighted by Crippen LogP contribution is 2.34.